The highest BCUT2D eigenvalue weighted by Gasteiger charge is 2.06. The van der Waals surface area contributed by atoms with Crippen LogP contribution in [0.2, 0.25) is 0 Å². The fourth-order valence-corrected chi connectivity index (χ4v) is 2.12. The average molecular weight is 131 g/mol. The Balaban J connectivity index is 2.39. The molecular formula is C6H13NS. The second kappa shape index (κ2) is 2.65. The molecule has 0 aromatic heterocycles. The molecule has 1 atom stereocenters. The van der Waals surface area contributed by atoms with Crippen LogP contribution in [-0.4, -0.2) is 29.5 Å². The topological polar surface area (TPSA) is 3.24 Å². The van der Waals surface area contributed by atoms with Crippen molar-refractivity contribution in [3.63, 3.8) is 0 Å². The van der Waals surface area contributed by atoms with Gasteiger partial charge in [0, 0.05) is 12.3 Å². The first kappa shape index (κ1) is 6.30. The molecule has 1 rings (SSSR count). The van der Waals surface area contributed by atoms with Gasteiger partial charge in [-0.2, -0.15) is 0 Å². The smallest absolute Gasteiger partial charge is 0.00816 e. The van der Waals surface area contributed by atoms with Gasteiger partial charge in [0.2, 0.25) is 0 Å². The first-order chi connectivity index (χ1) is 3.80. The maximum atomic E-state index is 4.03. The summed E-state index contributed by atoms with van der Waals surface area (Å²) in [6.45, 7) is 1.26. The minimum Gasteiger partial charge on any atom is -0.260 e. The Morgan fingerprint density at radius 1 is 1.50 bits per heavy atom. The molecule has 1 aliphatic heterocycles. The predicted octanol–water partition coefficient (Wildman–Crippen LogP) is 1.33. The third-order valence-electron chi connectivity index (χ3n) is 1.54. The minimum atomic E-state index is 0.348. The Bertz CT molecular complexity index is 101. The van der Waals surface area contributed by atoms with Crippen LogP contribution < -0.4 is 0 Å². The van der Waals surface area contributed by atoms with E-state index in [9.17, 15) is 0 Å². The molecule has 1 fully saturated rings. The number of hydrogen-bond acceptors (Lipinski definition) is 1. The molecule has 0 radical (unpaired) electrons. The number of hydrogen-bond donors (Lipinski definition) is 0. The van der Waals surface area contributed by atoms with E-state index in [0.29, 0.717) is 10.7 Å². The van der Waals surface area contributed by atoms with Gasteiger partial charge < -0.3 is 0 Å². The van der Waals surface area contributed by atoms with Crippen LogP contribution >= 0.6 is 10.7 Å². The zero-order chi connectivity index (χ0) is 5.98. The van der Waals surface area contributed by atoms with Crippen LogP contribution in [0.25, 0.3) is 0 Å². The summed E-state index contributed by atoms with van der Waals surface area (Å²) < 4.78 is 2.35. The van der Waals surface area contributed by atoms with Crippen LogP contribution in [0.4, 0.5) is 0 Å². The fourth-order valence-electron chi connectivity index (χ4n) is 0.888. The van der Waals surface area contributed by atoms with Gasteiger partial charge in [0.25, 0.3) is 0 Å². The molecule has 0 aromatic carbocycles. The number of rotatable bonds is 0. The zero-order valence-corrected chi connectivity index (χ0v) is 6.21. The van der Waals surface area contributed by atoms with E-state index >= 15 is 0 Å². The van der Waals surface area contributed by atoms with E-state index in [1.54, 1.807) is 0 Å². The highest BCUT2D eigenvalue weighted by molar-refractivity contribution is 8.12. The average Bonchev–Trinajstić information content (AvgIpc) is 1.77. The molecule has 0 amide bonds. The van der Waals surface area contributed by atoms with Crippen molar-refractivity contribution in [1.29, 1.82) is 0 Å². The van der Waals surface area contributed by atoms with Gasteiger partial charge >= 0.3 is 0 Å². The minimum absolute atomic E-state index is 0.348. The summed E-state index contributed by atoms with van der Waals surface area (Å²) in [7, 11) is 2.51. The van der Waals surface area contributed by atoms with Crippen LogP contribution in [0.1, 0.15) is 12.8 Å². The van der Waals surface area contributed by atoms with E-state index in [1.807, 2.05) is 0 Å². The van der Waals surface area contributed by atoms with Gasteiger partial charge in [-0.05, 0) is 19.9 Å². The molecule has 1 saturated heterocycles. The third-order valence-corrected chi connectivity index (χ3v) is 3.37. The lowest BCUT2D eigenvalue weighted by atomic mass is 10.3. The maximum Gasteiger partial charge on any atom is 0.00816 e. The Hall–Kier alpha value is 0.180. The van der Waals surface area contributed by atoms with E-state index in [2.05, 4.69) is 17.2 Å². The summed E-state index contributed by atoms with van der Waals surface area (Å²) in [5.74, 6) is 5.35. The summed E-state index contributed by atoms with van der Waals surface area (Å²) in [5.41, 5.74) is 0. The molecule has 0 saturated carbocycles. The van der Waals surface area contributed by atoms with Gasteiger partial charge in [-0.15, -0.1) is 10.7 Å². The highest BCUT2D eigenvalue weighted by Crippen LogP contribution is 2.22. The number of nitrogens with zero attached hydrogens (tertiary/aromatic N) is 1. The third kappa shape index (κ3) is 1.33. The molecule has 0 N–H and O–H groups in total. The van der Waals surface area contributed by atoms with Crippen molar-refractivity contribution in [2.24, 2.45) is 0 Å². The van der Waals surface area contributed by atoms with Crippen molar-refractivity contribution in [1.82, 2.24) is 4.31 Å². The van der Waals surface area contributed by atoms with Crippen LogP contribution in [0.15, 0.2) is 0 Å². The molecule has 0 aromatic rings. The molecule has 1 heterocycles. The molecule has 1 nitrogen and oxygen atoms in total. The van der Waals surface area contributed by atoms with E-state index in [1.165, 1.54) is 25.1 Å². The van der Waals surface area contributed by atoms with Crippen molar-refractivity contribution in [3.05, 3.63) is 0 Å². The Labute approximate surface area is 53.7 Å². The lowest BCUT2D eigenvalue weighted by Crippen LogP contribution is -2.18. The van der Waals surface area contributed by atoms with Crippen molar-refractivity contribution in [3.8, 4) is 0 Å². The van der Waals surface area contributed by atoms with Gasteiger partial charge in [-0.1, -0.05) is 5.87 Å². The van der Waals surface area contributed by atoms with E-state index < -0.39 is 0 Å². The van der Waals surface area contributed by atoms with E-state index in [0.717, 1.165) is 0 Å². The lowest BCUT2D eigenvalue weighted by Gasteiger charge is -2.25. The molecule has 8 heavy (non-hydrogen) atoms. The second-order valence-electron chi connectivity index (χ2n) is 2.23. The van der Waals surface area contributed by atoms with Gasteiger partial charge in [-0.3, -0.25) is 4.31 Å². The van der Waals surface area contributed by atoms with E-state index in [-0.39, 0.29) is 0 Å². The lowest BCUT2D eigenvalue weighted by molar-refractivity contribution is 0.515. The van der Waals surface area contributed by atoms with E-state index in [4.69, 9.17) is 0 Å². The summed E-state index contributed by atoms with van der Waals surface area (Å²) in [6, 6.07) is 0. The summed E-state index contributed by atoms with van der Waals surface area (Å²) in [4.78, 5) is 0. The fraction of sp³-hybridized carbons (Fsp3) is 0.833. The quantitative estimate of drug-likeness (QED) is 0.448. The Kier molecular flexibility index (Phi) is 2.08. The van der Waals surface area contributed by atoms with Crippen molar-refractivity contribution in [2.45, 2.75) is 12.8 Å². The van der Waals surface area contributed by atoms with Crippen molar-refractivity contribution in [2.75, 3.05) is 19.3 Å². The molecule has 0 spiro atoms. The van der Waals surface area contributed by atoms with Crippen LogP contribution in [0, 0.1) is 0 Å². The summed E-state index contributed by atoms with van der Waals surface area (Å²) >= 11 is 0. The molecule has 0 aliphatic carbocycles. The molecule has 2 heteroatoms. The van der Waals surface area contributed by atoms with Gasteiger partial charge in [0.15, 0.2) is 0 Å². The first-order valence-corrected chi connectivity index (χ1v) is 4.54. The van der Waals surface area contributed by atoms with Gasteiger partial charge in [0.05, 0.1) is 0 Å². The van der Waals surface area contributed by atoms with Crippen LogP contribution in [-0.2, 0) is 0 Å². The molecular weight excluding hydrogens is 118 g/mol. The Morgan fingerprint density at radius 2 is 2.25 bits per heavy atom. The monoisotopic (exact) mass is 131 g/mol. The molecule has 0 bridgehead atoms. The standard InChI is InChI=1S/C6H13NS/c1-7-5-3-4-6-8(7)2/h2-6H2,1H3. The normalized spacial score (nSPS) is 32.9. The zero-order valence-electron chi connectivity index (χ0n) is 5.39. The van der Waals surface area contributed by atoms with Crippen molar-refractivity contribution < 1.29 is 0 Å². The van der Waals surface area contributed by atoms with Crippen LogP contribution in [0.5, 0.6) is 0 Å². The van der Waals surface area contributed by atoms with Gasteiger partial charge in [-0.25, -0.2) is 0 Å². The second-order valence-corrected chi connectivity index (χ2v) is 4.18. The molecule has 1 unspecified atom stereocenters. The Morgan fingerprint density at radius 3 is 2.62 bits per heavy atom. The van der Waals surface area contributed by atoms with Crippen molar-refractivity contribution >= 4 is 16.5 Å². The SMILES string of the molecule is C=S1CCCCN1C. The maximum absolute atomic E-state index is 4.03. The highest BCUT2D eigenvalue weighted by atomic mass is 32.2. The summed E-state index contributed by atoms with van der Waals surface area (Å²) in [6.07, 6.45) is 2.76. The van der Waals surface area contributed by atoms with Gasteiger partial charge in [0.1, 0.15) is 0 Å². The summed E-state index contributed by atoms with van der Waals surface area (Å²) in [5, 5.41) is 0. The first-order valence-electron chi connectivity index (χ1n) is 3.02. The molecule has 48 valence electrons. The molecule has 1 aliphatic rings. The largest absolute Gasteiger partial charge is 0.260 e. The van der Waals surface area contributed by atoms with Crippen LogP contribution in [0.3, 0.4) is 0 Å². The predicted molar refractivity (Wildman–Crippen MR) is 41.4 cm³/mol.